The van der Waals surface area contributed by atoms with E-state index >= 15 is 0 Å². The van der Waals surface area contributed by atoms with Crippen molar-refractivity contribution in [3.8, 4) is 11.3 Å². The fourth-order valence-electron chi connectivity index (χ4n) is 1.59. The van der Waals surface area contributed by atoms with Crippen LogP contribution >= 0.6 is 0 Å². The lowest BCUT2D eigenvalue weighted by Gasteiger charge is -2.08. The minimum atomic E-state index is -3.34. The van der Waals surface area contributed by atoms with Gasteiger partial charge in [0.25, 0.3) is 0 Å². The summed E-state index contributed by atoms with van der Waals surface area (Å²) in [6, 6.07) is 4.82. The monoisotopic (exact) mass is 268 g/mol. The summed E-state index contributed by atoms with van der Waals surface area (Å²) in [5.74, 6) is 0.518. The molecule has 0 amide bonds. The molecule has 0 radical (unpaired) electrons. The highest BCUT2D eigenvalue weighted by atomic mass is 32.2. The first-order valence-electron chi connectivity index (χ1n) is 5.10. The molecule has 2 aromatic rings. The lowest BCUT2D eigenvalue weighted by atomic mass is 10.1. The van der Waals surface area contributed by atoms with Crippen molar-refractivity contribution in [2.24, 2.45) is 0 Å². The number of sulfonamides is 1. The van der Waals surface area contributed by atoms with E-state index < -0.39 is 10.0 Å². The third kappa shape index (κ3) is 2.88. The number of aromatic nitrogens is 1. The Bertz CT molecular complexity index is 635. The number of nitrogens with one attached hydrogen (secondary N) is 1. The second kappa shape index (κ2) is 4.79. The summed E-state index contributed by atoms with van der Waals surface area (Å²) in [5.41, 5.74) is 1.62. The zero-order valence-electron chi connectivity index (χ0n) is 9.62. The Morgan fingerprint density at radius 2 is 2.22 bits per heavy atom. The van der Waals surface area contributed by atoms with Crippen molar-refractivity contribution in [2.45, 2.75) is 6.61 Å². The Labute approximate surface area is 104 Å². The number of nitrogens with zero attached hydrogens (tertiary/aromatic N) is 1. The van der Waals surface area contributed by atoms with Gasteiger partial charge in [-0.15, -0.1) is 0 Å². The minimum Gasteiger partial charge on any atom is -0.444 e. The van der Waals surface area contributed by atoms with Crippen LogP contribution in [0.4, 0.5) is 5.69 Å². The van der Waals surface area contributed by atoms with Crippen molar-refractivity contribution in [1.82, 2.24) is 4.98 Å². The first-order chi connectivity index (χ1) is 8.49. The van der Waals surface area contributed by atoms with Gasteiger partial charge >= 0.3 is 0 Å². The van der Waals surface area contributed by atoms with Crippen LogP contribution in [0.1, 0.15) is 5.56 Å². The van der Waals surface area contributed by atoms with Gasteiger partial charge in [-0.1, -0.05) is 0 Å². The zero-order chi connectivity index (χ0) is 13.2. The van der Waals surface area contributed by atoms with Crippen LogP contribution in [0.2, 0.25) is 0 Å². The SMILES string of the molecule is CS(=O)(=O)Nc1ccc(-c2cnco2)c(CO)c1. The van der Waals surface area contributed by atoms with Crippen molar-refractivity contribution in [3.63, 3.8) is 0 Å². The lowest BCUT2D eigenvalue weighted by molar-refractivity contribution is 0.282. The van der Waals surface area contributed by atoms with Crippen LogP contribution in [0.3, 0.4) is 0 Å². The Morgan fingerprint density at radius 3 is 2.78 bits per heavy atom. The molecular formula is C11H12N2O4S. The number of hydrogen-bond acceptors (Lipinski definition) is 5. The maximum Gasteiger partial charge on any atom is 0.229 e. The van der Waals surface area contributed by atoms with E-state index in [9.17, 15) is 13.5 Å². The van der Waals surface area contributed by atoms with E-state index in [4.69, 9.17) is 4.42 Å². The van der Waals surface area contributed by atoms with Crippen LogP contribution in [0, 0.1) is 0 Å². The summed E-state index contributed by atoms with van der Waals surface area (Å²) >= 11 is 0. The second-order valence-corrected chi connectivity index (χ2v) is 5.52. The highest BCUT2D eigenvalue weighted by Crippen LogP contribution is 2.26. The summed E-state index contributed by atoms with van der Waals surface area (Å²) in [7, 11) is -3.34. The van der Waals surface area contributed by atoms with E-state index in [-0.39, 0.29) is 6.61 Å². The third-order valence-electron chi connectivity index (χ3n) is 2.28. The molecule has 0 aliphatic carbocycles. The molecule has 0 aliphatic heterocycles. The summed E-state index contributed by atoms with van der Waals surface area (Å²) < 4.78 is 29.7. The molecule has 7 heteroatoms. The molecular weight excluding hydrogens is 256 g/mol. The Balaban J connectivity index is 2.41. The molecule has 0 spiro atoms. The van der Waals surface area contributed by atoms with Crippen molar-refractivity contribution >= 4 is 15.7 Å². The van der Waals surface area contributed by atoms with Gasteiger partial charge in [-0.05, 0) is 23.8 Å². The normalized spacial score (nSPS) is 11.4. The number of rotatable bonds is 4. The van der Waals surface area contributed by atoms with Crippen LogP contribution < -0.4 is 4.72 Å². The fraction of sp³-hybridized carbons (Fsp3) is 0.182. The molecule has 96 valence electrons. The summed E-state index contributed by atoms with van der Waals surface area (Å²) in [4.78, 5) is 3.80. The van der Waals surface area contributed by atoms with Crippen molar-refractivity contribution in [1.29, 1.82) is 0 Å². The van der Waals surface area contributed by atoms with Gasteiger partial charge in [-0.25, -0.2) is 13.4 Å². The average molecular weight is 268 g/mol. The molecule has 0 fully saturated rings. The van der Waals surface area contributed by atoms with Crippen LogP contribution in [0.15, 0.2) is 35.2 Å². The molecule has 0 saturated heterocycles. The zero-order valence-corrected chi connectivity index (χ0v) is 10.4. The molecule has 6 nitrogen and oxygen atoms in total. The van der Waals surface area contributed by atoms with Gasteiger partial charge in [-0.2, -0.15) is 0 Å². The van der Waals surface area contributed by atoms with Gasteiger partial charge in [-0.3, -0.25) is 4.72 Å². The summed E-state index contributed by atoms with van der Waals surface area (Å²) in [5, 5.41) is 9.30. The predicted octanol–water partition coefficient (Wildman–Crippen LogP) is 1.21. The van der Waals surface area contributed by atoms with E-state index in [1.807, 2.05) is 0 Å². The minimum absolute atomic E-state index is 0.227. The molecule has 0 saturated carbocycles. The maximum atomic E-state index is 11.1. The first-order valence-corrected chi connectivity index (χ1v) is 6.99. The molecule has 0 unspecified atom stereocenters. The molecule has 2 rings (SSSR count). The highest BCUT2D eigenvalue weighted by molar-refractivity contribution is 7.92. The number of anilines is 1. The number of aliphatic hydroxyl groups is 1. The molecule has 0 atom stereocenters. The Morgan fingerprint density at radius 1 is 1.44 bits per heavy atom. The molecule has 2 N–H and O–H groups in total. The van der Waals surface area contributed by atoms with Crippen LogP contribution in [-0.4, -0.2) is 24.8 Å². The summed E-state index contributed by atoms with van der Waals surface area (Å²) in [6.07, 6.45) is 3.88. The number of oxazole rings is 1. The van der Waals surface area contributed by atoms with E-state index in [0.717, 1.165) is 6.26 Å². The summed E-state index contributed by atoms with van der Waals surface area (Å²) in [6.45, 7) is -0.227. The molecule has 1 aromatic heterocycles. The van der Waals surface area contributed by atoms with Crippen molar-refractivity contribution in [2.75, 3.05) is 11.0 Å². The van der Waals surface area contributed by atoms with Gasteiger partial charge in [0.1, 0.15) is 0 Å². The van der Waals surface area contributed by atoms with Gasteiger partial charge < -0.3 is 9.52 Å². The van der Waals surface area contributed by atoms with Crippen molar-refractivity contribution in [3.05, 3.63) is 36.4 Å². The molecule has 1 aromatic carbocycles. The first kappa shape index (κ1) is 12.6. The Kier molecular flexibility index (Phi) is 3.35. The number of aliphatic hydroxyl groups excluding tert-OH is 1. The number of benzene rings is 1. The van der Waals surface area contributed by atoms with Crippen molar-refractivity contribution < 1.29 is 17.9 Å². The van der Waals surface area contributed by atoms with Gasteiger partial charge in [0, 0.05) is 11.3 Å². The fourth-order valence-corrected chi connectivity index (χ4v) is 2.15. The molecule has 0 bridgehead atoms. The largest absolute Gasteiger partial charge is 0.444 e. The van der Waals surface area contributed by atoms with Gasteiger partial charge in [0.2, 0.25) is 10.0 Å². The molecule has 1 heterocycles. The van der Waals surface area contributed by atoms with E-state index in [2.05, 4.69) is 9.71 Å². The third-order valence-corrected chi connectivity index (χ3v) is 2.88. The average Bonchev–Trinajstić information content (AvgIpc) is 2.80. The van der Waals surface area contributed by atoms with Crippen LogP contribution in [0.5, 0.6) is 0 Å². The molecule has 0 aliphatic rings. The lowest BCUT2D eigenvalue weighted by Crippen LogP contribution is -2.09. The van der Waals surface area contributed by atoms with E-state index in [0.29, 0.717) is 22.6 Å². The van der Waals surface area contributed by atoms with Gasteiger partial charge in [0.15, 0.2) is 12.2 Å². The smallest absolute Gasteiger partial charge is 0.229 e. The highest BCUT2D eigenvalue weighted by Gasteiger charge is 2.10. The molecule has 18 heavy (non-hydrogen) atoms. The Hall–Kier alpha value is -1.86. The maximum absolute atomic E-state index is 11.1. The van der Waals surface area contributed by atoms with E-state index in [1.54, 1.807) is 18.2 Å². The quantitative estimate of drug-likeness (QED) is 0.869. The predicted molar refractivity (Wildman–Crippen MR) is 66.3 cm³/mol. The van der Waals surface area contributed by atoms with Crippen LogP contribution in [-0.2, 0) is 16.6 Å². The topological polar surface area (TPSA) is 92.4 Å². The second-order valence-electron chi connectivity index (χ2n) is 3.77. The van der Waals surface area contributed by atoms with E-state index in [1.165, 1.54) is 12.6 Å². The number of hydrogen-bond donors (Lipinski definition) is 2. The van der Waals surface area contributed by atoms with Crippen LogP contribution in [0.25, 0.3) is 11.3 Å². The standard InChI is InChI=1S/C11H12N2O4S/c1-18(15,16)13-9-2-3-10(8(4-9)6-14)11-5-12-7-17-11/h2-5,7,13-14H,6H2,1H3. The van der Waals surface area contributed by atoms with Gasteiger partial charge in [0.05, 0.1) is 19.1 Å².